The van der Waals surface area contributed by atoms with Gasteiger partial charge in [-0.1, -0.05) is 30.3 Å². The van der Waals surface area contributed by atoms with Gasteiger partial charge >= 0.3 is 0 Å². The highest BCUT2D eigenvalue weighted by Gasteiger charge is 2.40. The molecule has 1 aromatic heterocycles. The maximum atomic E-state index is 13.9. The van der Waals surface area contributed by atoms with Gasteiger partial charge in [0.2, 0.25) is 6.29 Å². The number of aliphatic hydroxyl groups excluding tert-OH is 1. The van der Waals surface area contributed by atoms with Gasteiger partial charge in [-0.2, -0.15) is 0 Å². The number of nitrogen functional groups attached to an aromatic ring is 1. The molecule has 0 aliphatic carbocycles. The number of rotatable bonds is 9. The Morgan fingerprint density at radius 3 is 2.54 bits per heavy atom. The highest BCUT2D eigenvalue weighted by Crippen LogP contribution is 2.40. The van der Waals surface area contributed by atoms with Gasteiger partial charge in [-0.15, -0.1) is 0 Å². The van der Waals surface area contributed by atoms with E-state index < -0.39 is 18.1 Å². The predicted molar refractivity (Wildman–Crippen MR) is 142 cm³/mol. The van der Waals surface area contributed by atoms with Crippen LogP contribution in [0.2, 0.25) is 0 Å². The molecule has 0 bridgehead atoms. The van der Waals surface area contributed by atoms with E-state index in [0.29, 0.717) is 36.4 Å². The van der Waals surface area contributed by atoms with Crippen LogP contribution in [0.25, 0.3) is 5.69 Å². The molecule has 2 aromatic carbocycles. The fourth-order valence-corrected chi connectivity index (χ4v) is 4.87. The van der Waals surface area contributed by atoms with Gasteiger partial charge in [-0.3, -0.25) is 14.3 Å². The van der Waals surface area contributed by atoms with Crippen LogP contribution in [0.15, 0.2) is 71.2 Å². The Kier molecular flexibility index (Phi) is 8.15. The number of allylic oxidation sites excluding steroid dienone is 1. The number of carbonyl (C=O) groups excluding carboxylic acids is 1. The number of aromatic nitrogens is 2. The van der Waals surface area contributed by atoms with Crippen molar-refractivity contribution in [2.45, 2.75) is 38.9 Å². The normalized spacial score (nSPS) is 19.2. The SMILES string of the molecule is CCOC1OC(C(=O)Nc2ccccc2N)=C[C@@H](c2c(C)n(C)n(-c3ccccc3)c2=O)C1CCCO. The third-order valence-corrected chi connectivity index (χ3v) is 6.78. The number of aliphatic hydroxyl groups is 1. The van der Waals surface area contributed by atoms with Gasteiger partial charge in [0, 0.05) is 43.4 Å². The first-order valence-corrected chi connectivity index (χ1v) is 12.5. The number of ether oxygens (including phenoxy) is 2. The summed E-state index contributed by atoms with van der Waals surface area (Å²) in [6.45, 7) is 4.09. The lowest BCUT2D eigenvalue weighted by Gasteiger charge is -2.36. The first-order chi connectivity index (χ1) is 17.9. The number of nitrogens with one attached hydrogen (secondary N) is 1. The van der Waals surface area contributed by atoms with Crippen molar-refractivity contribution in [2.75, 3.05) is 24.3 Å². The molecule has 3 atom stereocenters. The molecule has 0 spiro atoms. The van der Waals surface area contributed by atoms with Crippen molar-refractivity contribution in [3.8, 4) is 5.69 Å². The van der Waals surface area contributed by atoms with E-state index in [-0.39, 0.29) is 23.8 Å². The molecule has 9 heteroatoms. The van der Waals surface area contributed by atoms with Crippen molar-refractivity contribution in [1.82, 2.24) is 9.36 Å². The molecular formula is C28H34N4O5. The van der Waals surface area contributed by atoms with Crippen molar-refractivity contribution >= 4 is 17.3 Å². The Balaban J connectivity index is 1.82. The van der Waals surface area contributed by atoms with E-state index in [0.717, 1.165) is 11.4 Å². The van der Waals surface area contributed by atoms with Crippen molar-refractivity contribution < 1.29 is 19.4 Å². The van der Waals surface area contributed by atoms with Crippen LogP contribution >= 0.6 is 0 Å². The topological polar surface area (TPSA) is 121 Å². The number of benzene rings is 2. The third-order valence-electron chi connectivity index (χ3n) is 6.78. The van der Waals surface area contributed by atoms with Crippen molar-refractivity contribution in [2.24, 2.45) is 13.0 Å². The van der Waals surface area contributed by atoms with Gasteiger partial charge in [0.15, 0.2) is 5.76 Å². The molecule has 0 saturated carbocycles. The second-order valence-electron chi connectivity index (χ2n) is 9.04. The van der Waals surface area contributed by atoms with Crippen molar-refractivity contribution in [3.05, 3.63) is 88.0 Å². The van der Waals surface area contributed by atoms with Crippen LogP contribution in [0.5, 0.6) is 0 Å². The summed E-state index contributed by atoms with van der Waals surface area (Å²) in [6, 6.07) is 16.4. The molecule has 1 amide bonds. The Labute approximate surface area is 216 Å². The predicted octanol–water partition coefficient (Wildman–Crippen LogP) is 3.45. The van der Waals surface area contributed by atoms with Crippen molar-refractivity contribution in [3.63, 3.8) is 0 Å². The van der Waals surface area contributed by atoms with Crippen LogP contribution in [0.1, 0.15) is 36.9 Å². The number of anilines is 2. The zero-order chi connectivity index (χ0) is 26.5. The maximum Gasteiger partial charge on any atom is 0.290 e. The van der Waals surface area contributed by atoms with Crippen LogP contribution < -0.4 is 16.6 Å². The lowest BCUT2D eigenvalue weighted by molar-refractivity contribution is -0.165. The highest BCUT2D eigenvalue weighted by atomic mass is 16.7. The average molecular weight is 507 g/mol. The van der Waals surface area contributed by atoms with E-state index >= 15 is 0 Å². The highest BCUT2D eigenvalue weighted by molar-refractivity contribution is 6.04. The average Bonchev–Trinajstić information content (AvgIpc) is 3.12. The van der Waals surface area contributed by atoms with E-state index in [1.54, 1.807) is 35.0 Å². The quantitative estimate of drug-likeness (QED) is 0.382. The minimum absolute atomic E-state index is 0.00553. The van der Waals surface area contributed by atoms with E-state index in [2.05, 4.69) is 5.32 Å². The number of hydrogen-bond acceptors (Lipinski definition) is 6. The molecule has 9 nitrogen and oxygen atoms in total. The molecular weight excluding hydrogens is 472 g/mol. The molecule has 1 aliphatic heterocycles. The lowest BCUT2D eigenvalue weighted by atomic mass is 9.80. The summed E-state index contributed by atoms with van der Waals surface area (Å²) in [5.74, 6) is -1.19. The molecule has 3 aromatic rings. The van der Waals surface area contributed by atoms with Crippen LogP contribution in [0.4, 0.5) is 11.4 Å². The molecule has 4 N–H and O–H groups in total. The number of carbonyl (C=O) groups is 1. The fraction of sp³-hybridized carbons (Fsp3) is 0.357. The third kappa shape index (κ3) is 5.33. The van der Waals surface area contributed by atoms with Gasteiger partial charge in [0.25, 0.3) is 11.5 Å². The van der Waals surface area contributed by atoms with Gasteiger partial charge in [0.1, 0.15) is 0 Å². The zero-order valence-electron chi connectivity index (χ0n) is 21.4. The maximum absolute atomic E-state index is 13.9. The monoisotopic (exact) mass is 506 g/mol. The largest absolute Gasteiger partial charge is 0.459 e. The Bertz CT molecular complexity index is 1330. The molecule has 37 heavy (non-hydrogen) atoms. The smallest absolute Gasteiger partial charge is 0.290 e. The summed E-state index contributed by atoms with van der Waals surface area (Å²) < 4.78 is 15.4. The van der Waals surface area contributed by atoms with E-state index in [4.69, 9.17) is 15.2 Å². The molecule has 1 aliphatic rings. The summed E-state index contributed by atoms with van der Waals surface area (Å²) >= 11 is 0. The number of para-hydroxylation sites is 3. The summed E-state index contributed by atoms with van der Waals surface area (Å²) in [5.41, 5.74) is 8.80. The number of nitrogens with two attached hydrogens (primary N) is 1. The van der Waals surface area contributed by atoms with Gasteiger partial charge < -0.3 is 25.6 Å². The van der Waals surface area contributed by atoms with Crippen molar-refractivity contribution in [1.29, 1.82) is 0 Å². The standard InChI is InChI=1S/C28H34N4O5/c1-4-36-28-20(13-10-16-33)21(17-24(37-28)26(34)30-23-15-9-8-14-22(23)29)25-18(2)31(3)32(27(25)35)19-11-6-5-7-12-19/h5-9,11-12,14-15,17,20-21,28,33H,4,10,13,16,29H2,1-3H3,(H,30,34)/t20?,21-,28?/m1/s1. The van der Waals surface area contributed by atoms with Gasteiger partial charge in [0.05, 0.1) is 17.1 Å². The Hall–Kier alpha value is -3.82. The first kappa shape index (κ1) is 26.2. The van der Waals surface area contributed by atoms with E-state index in [9.17, 15) is 14.7 Å². The first-order valence-electron chi connectivity index (χ1n) is 12.5. The molecule has 0 fully saturated rings. The molecule has 0 radical (unpaired) electrons. The zero-order valence-corrected chi connectivity index (χ0v) is 21.4. The molecule has 4 rings (SSSR count). The summed E-state index contributed by atoms with van der Waals surface area (Å²) in [4.78, 5) is 27.2. The lowest BCUT2D eigenvalue weighted by Crippen LogP contribution is -2.39. The number of nitrogens with zero attached hydrogens (tertiary/aromatic N) is 2. The fourth-order valence-electron chi connectivity index (χ4n) is 4.87. The Morgan fingerprint density at radius 2 is 1.86 bits per heavy atom. The molecule has 2 unspecified atom stereocenters. The summed E-state index contributed by atoms with van der Waals surface area (Å²) in [5, 5.41) is 12.4. The molecule has 0 saturated heterocycles. The second kappa shape index (κ2) is 11.5. The van der Waals surface area contributed by atoms with Gasteiger partial charge in [-0.25, -0.2) is 4.68 Å². The summed E-state index contributed by atoms with van der Waals surface area (Å²) in [7, 11) is 1.84. The molecule has 196 valence electrons. The van der Waals surface area contributed by atoms with Crippen LogP contribution in [0, 0.1) is 12.8 Å². The van der Waals surface area contributed by atoms with Crippen LogP contribution in [0.3, 0.4) is 0 Å². The second-order valence-corrected chi connectivity index (χ2v) is 9.04. The summed E-state index contributed by atoms with van der Waals surface area (Å²) in [6.07, 6.45) is 1.97. The van der Waals surface area contributed by atoms with Crippen LogP contribution in [-0.4, -0.2) is 39.9 Å². The van der Waals surface area contributed by atoms with E-state index in [1.807, 2.05) is 55.9 Å². The number of amides is 1. The number of hydrogen-bond donors (Lipinski definition) is 3. The Morgan fingerprint density at radius 1 is 1.16 bits per heavy atom. The van der Waals surface area contributed by atoms with Crippen LogP contribution in [-0.2, 0) is 21.3 Å². The minimum Gasteiger partial charge on any atom is -0.459 e. The molecule has 2 heterocycles. The van der Waals surface area contributed by atoms with Gasteiger partial charge in [-0.05, 0) is 57.0 Å². The minimum atomic E-state index is -0.774. The van der Waals surface area contributed by atoms with E-state index in [1.165, 1.54) is 0 Å².